The summed E-state index contributed by atoms with van der Waals surface area (Å²) in [5.74, 6) is 4.61. The van der Waals surface area contributed by atoms with Gasteiger partial charge in [-0.3, -0.25) is 4.79 Å². The maximum atomic E-state index is 13.2. The zero-order valence-corrected chi connectivity index (χ0v) is 18.9. The number of nitrogens with zero attached hydrogens (tertiary/aromatic N) is 1. The maximum Gasteiger partial charge on any atom is 0.416 e. The molecule has 0 bridgehead atoms. The Morgan fingerprint density at radius 2 is 1.83 bits per heavy atom. The summed E-state index contributed by atoms with van der Waals surface area (Å²) in [5.41, 5.74) is -2.44. The summed E-state index contributed by atoms with van der Waals surface area (Å²) in [4.78, 5) is 25.1. The van der Waals surface area contributed by atoms with E-state index in [9.17, 15) is 27.9 Å². The van der Waals surface area contributed by atoms with Crippen molar-refractivity contribution in [3.63, 3.8) is 0 Å². The first-order chi connectivity index (χ1) is 16.5. The molecule has 1 saturated carbocycles. The van der Waals surface area contributed by atoms with Crippen LogP contribution in [0.4, 0.5) is 18.9 Å². The summed E-state index contributed by atoms with van der Waals surface area (Å²) in [6, 6.07) is 8.78. The largest absolute Gasteiger partial charge is 0.416 e. The van der Waals surface area contributed by atoms with Gasteiger partial charge in [-0.2, -0.15) is 13.2 Å². The molecular weight excluding hydrogens is 461 g/mol. The highest BCUT2D eigenvalue weighted by Crippen LogP contribution is 2.33. The second-order valence-electron chi connectivity index (χ2n) is 8.81. The number of halogens is 3. The quantitative estimate of drug-likeness (QED) is 0.518. The van der Waals surface area contributed by atoms with Crippen molar-refractivity contribution in [3.05, 3.63) is 69.7 Å². The van der Waals surface area contributed by atoms with E-state index in [1.165, 1.54) is 24.3 Å². The first-order valence-corrected chi connectivity index (χ1v) is 11.2. The highest BCUT2D eigenvalue weighted by Gasteiger charge is 2.38. The molecule has 0 saturated heterocycles. The minimum absolute atomic E-state index is 0.0975. The van der Waals surface area contributed by atoms with Crippen molar-refractivity contribution in [2.75, 3.05) is 5.32 Å². The van der Waals surface area contributed by atoms with Crippen LogP contribution in [0, 0.1) is 24.7 Å². The number of hydrogen-bond acceptors (Lipinski definition) is 5. The number of rotatable bonds is 4. The van der Waals surface area contributed by atoms with Crippen molar-refractivity contribution >= 4 is 22.4 Å². The van der Waals surface area contributed by atoms with E-state index < -0.39 is 28.9 Å². The molecule has 1 unspecified atom stereocenters. The third-order valence-electron chi connectivity index (χ3n) is 6.21. The van der Waals surface area contributed by atoms with Gasteiger partial charge in [0.1, 0.15) is 0 Å². The molecule has 2 aromatic carbocycles. The zero-order chi connectivity index (χ0) is 25.2. The summed E-state index contributed by atoms with van der Waals surface area (Å²) in [6.45, 7) is 1.66. The number of anilines is 1. The molecule has 1 aliphatic carbocycles. The van der Waals surface area contributed by atoms with E-state index in [0.717, 1.165) is 37.8 Å². The van der Waals surface area contributed by atoms with Crippen molar-refractivity contribution < 1.29 is 27.6 Å². The molecule has 1 aliphatic rings. The second kappa shape index (κ2) is 9.55. The Kier molecular flexibility index (Phi) is 6.68. The molecule has 2 N–H and O–H groups in total. The summed E-state index contributed by atoms with van der Waals surface area (Å²) in [7, 11) is 0. The number of alkyl halides is 3. The van der Waals surface area contributed by atoms with Gasteiger partial charge in [0.2, 0.25) is 5.60 Å². The summed E-state index contributed by atoms with van der Waals surface area (Å²) in [6.07, 6.45) is -0.668. The number of nitrogens with one attached hydrogen (secondary N) is 1. The molecule has 0 aliphatic heterocycles. The second-order valence-corrected chi connectivity index (χ2v) is 8.81. The summed E-state index contributed by atoms with van der Waals surface area (Å²) < 4.78 is 43.2. The van der Waals surface area contributed by atoms with E-state index in [2.05, 4.69) is 22.3 Å². The molecule has 1 fully saturated rings. The van der Waals surface area contributed by atoms with E-state index >= 15 is 0 Å². The van der Waals surface area contributed by atoms with Gasteiger partial charge >= 0.3 is 11.8 Å². The van der Waals surface area contributed by atoms with Crippen molar-refractivity contribution in [1.82, 2.24) is 5.16 Å². The van der Waals surface area contributed by atoms with Gasteiger partial charge < -0.3 is 14.9 Å². The van der Waals surface area contributed by atoms with Crippen LogP contribution in [0.3, 0.4) is 0 Å². The van der Waals surface area contributed by atoms with Crippen molar-refractivity contribution in [2.45, 2.75) is 50.8 Å². The Bertz CT molecular complexity index is 1360. The van der Waals surface area contributed by atoms with Crippen LogP contribution in [0.15, 0.2) is 51.8 Å². The van der Waals surface area contributed by atoms with Crippen LogP contribution in [0.2, 0.25) is 0 Å². The van der Waals surface area contributed by atoms with Gasteiger partial charge in [-0.25, -0.2) is 4.79 Å². The standard InChI is InChI=1S/C26H23F3N2O4/c1-16-22-14-20(10-11-21(22)23(32)35-31-16)30-24(33)25(34,15-18-4-2-3-5-18)13-12-17-6-8-19(9-7-17)26(27,28)29/h6-11,14,18,34H,2-5,15H2,1H3,(H,30,33). The number of carbonyl (C=O) groups is 1. The third-order valence-corrected chi connectivity index (χ3v) is 6.21. The first kappa shape index (κ1) is 24.5. The number of aromatic nitrogens is 1. The number of fused-ring (bicyclic) bond motifs is 1. The topological polar surface area (TPSA) is 92.4 Å². The van der Waals surface area contributed by atoms with Crippen LogP contribution in [0.1, 0.15) is 48.9 Å². The molecule has 0 radical (unpaired) electrons. The summed E-state index contributed by atoms with van der Waals surface area (Å²) >= 11 is 0. The SMILES string of the molecule is Cc1noc(=O)c2ccc(NC(=O)C(O)(C#Cc3ccc(C(F)(F)F)cc3)CC3CCCC3)cc12. The number of amides is 1. The highest BCUT2D eigenvalue weighted by molar-refractivity contribution is 6.01. The number of carbonyl (C=O) groups excluding carboxylic acids is 1. The lowest BCUT2D eigenvalue weighted by Gasteiger charge is -2.24. The van der Waals surface area contributed by atoms with Crippen molar-refractivity contribution in [3.8, 4) is 11.8 Å². The van der Waals surface area contributed by atoms with Gasteiger partial charge in [0.05, 0.1) is 16.6 Å². The Labute approximate surface area is 199 Å². The Morgan fingerprint density at radius 3 is 2.49 bits per heavy atom. The van der Waals surface area contributed by atoms with Gasteiger partial charge in [-0.15, -0.1) is 0 Å². The maximum absolute atomic E-state index is 13.2. The van der Waals surface area contributed by atoms with E-state index in [0.29, 0.717) is 22.2 Å². The summed E-state index contributed by atoms with van der Waals surface area (Å²) in [5, 5.41) is 18.5. The van der Waals surface area contributed by atoms with Gasteiger partial charge in [0.15, 0.2) is 0 Å². The average molecular weight is 484 g/mol. The van der Waals surface area contributed by atoms with E-state index in [4.69, 9.17) is 4.52 Å². The van der Waals surface area contributed by atoms with Gasteiger partial charge in [-0.1, -0.05) is 42.7 Å². The predicted octanol–water partition coefficient (Wildman–Crippen LogP) is 4.82. The lowest BCUT2D eigenvalue weighted by Crippen LogP contribution is -2.43. The average Bonchev–Trinajstić information content (AvgIpc) is 3.33. The fourth-order valence-electron chi connectivity index (χ4n) is 4.29. The van der Waals surface area contributed by atoms with Gasteiger partial charge in [0, 0.05) is 16.6 Å². The van der Waals surface area contributed by atoms with Crippen LogP contribution >= 0.6 is 0 Å². The Hall–Kier alpha value is -3.64. The van der Waals surface area contributed by atoms with Crippen LogP contribution in [-0.4, -0.2) is 21.8 Å². The first-order valence-electron chi connectivity index (χ1n) is 11.2. The van der Waals surface area contributed by atoms with Crippen LogP contribution in [-0.2, 0) is 11.0 Å². The minimum Gasteiger partial charge on any atom is -0.369 e. The fraction of sp³-hybridized carbons (Fsp3) is 0.346. The number of aliphatic hydroxyl groups is 1. The molecule has 9 heteroatoms. The molecule has 1 heterocycles. The lowest BCUT2D eigenvalue weighted by atomic mass is 9.88. The molecule has 1 aromatic heterocycles. The van der Waals surface area contributed by atoms with Gasteiger partial charge in [-0.05, 0) is 61.7 Å². The number of aryl methyl sites for hydroxylation is 1. The minimum atomic E-state index is -4.47. The third kappa shape index (κ3) is 5.54. The molecule has 0 spiro atoms. The molecule has 1 atom stereocenters. The molecule has 6 nitrogen and oxygen atoms in total. The van der Waals surface area contributed by atoms with Crippen molar-refractivity contribution in [2.24, 2.45) is 5.92 Å². The van der Waals surface area contributed by atoms with E-state index in [1.807, 2.05) is 0 Å². The van der Waals surface area contributed by atoms with Gasteiger partial charge in [0.25, 0.3) is 5.91 Å². The predicted molar refractivity (Wildman–Crippen MR) is 123 cm³/mol. The fourth-order valence-corrected chi connectivity index (χ4v) is 4.29. The normalized spacial score (nSPS) is 15.9. The molecular formula is C26H23F3N2O4. The molecule has 4 rings (SSSR count). The molecule has 35 heavy (non-hydrogen) atoms. The van der Waals surface area contributed by atoms with Crippen LogP contribution in [0.25, 0.3) is 10.8 Å². The zero-order valence-electron chi connectivity index (χ0n) is 18.9. The number of benzene rings is 2. The highest BCUT2D eigenvalue weighted by atomic mass is 19.4. The number of hydrogen-bond donors (Lipinski definition) is 2. The lowest BCUT2D eigenvalue weighted by molar-refractivity contribution is -0.137. The smallest absolute Gasteiger partial charge is 0.369 e. The molecule has 182 valence electrons. The van der Waals surface area contributed by atoms with Crippen LogP contribution in [0.5, 0.6) is 0 Å². The Balaban J connectivity index is 1.62. The molecule has 1 amide bonds. The Morgan fingerprint density at radius 1 is 1.14 bits per heavy atom. The molecule has 3 aromatic rings. The van der Waals surface area contributed by atoms with Crippen molar-refractivity contribution in [1.29, 1.82) is 0 Å². The van der Waals surface area contributed by atoms with Crippen LogP contribution < -0.4 is 10.9 Å². The monoisotopic (exact) mass is 484 g/mol. The van der Waals surface area contributed by atoms with E-state index in [-0.39, 0.29) is 17.9 Å². The van der Waals surface area contributed by atoms with E-state index in [1.54, 1.807) is 13.0 Å².